The van der Waals surface area contributed by atoms with Crippen LogP contribution >= 0.6 is 11.6 Å². The van der Waals surface area contributed by atoms with E-state index in [1.165, 1.54) is 0 Å². The Bertz CT molecular complexity index is 1740. The summed E-state index contributed by atoms with van der Waals surface area (Å²) in [4.78, 5) is 18.4. The van der Waals surface area contributed by atoms with Gasteiger partial charge >= 0.3 is 0 Å². The monoisotopic (exact) mass is 566 g/mol. The van der Waals surface area contributed by atoms with Crippen molar-refractivity contribution in [3.8, 4) is 28.3 Å². The molecule has 1 fully saturated rings. The van der Waals surface area contributed by atoms with Gasteiger partial charge in [-0.3, -0.25) is 4.98 Å². The second-order valence-electron chi connectivity index (χ2n) is 10.3. The second kappa shape index (κ2) is 11.4. The zero-order chi connectivity index (χ0) is 28.5. The Hall–Kier alpha value is -4.11. The number of methoxy groups -OCH3 is 1. The fraction of sp³-hybridized carbons (Fsp3) is 0.250. The van der Waals surface area contributed by atoms with Crippen LogP contribution in [0, 0.1) is 13.8 Å². The predicted molar refractivity (Wildman–Crippen MR) is 163 cm³/mol. The second-order valence-corrected chi connectivity index (χ2v) is 10.6. The van der Waals surface area contributed by atoms with E-state index >= 15 is 0 Å². The van der Waals surface area contributed by atoms with E-state index in [0.29, 0.717) is 34.6 Å². The molecule has 2 atom stereocenters. The maximum Gasteiger partial charge on any atom is 0.218 e. The maximum atomic E-state index is 9.88. The van der Waals surface area contributed by atoms with E-state index in [2.05, 4.69) is 38.6 Å². The van der Waals surface area contributed by atoms with Crippen LogP contribution in [0.2, 0.25) is 5.02 Å². The lowest BCUT2D eigenvalue weighted by molar-refractivity contribution is 0.0491. The zero-order valence-electron chi connectivity index (χ0n) is 23.1. The van der Waals surface area contributed by atoms with Gasteiger partial charge in [-0.25, -0.2) is 15.0 Å². The summed E-state index contributed by atoms with van der Waals surface area (Å²) < 4.78 is 5.62. The summed E-state index contributed by atoms with van der Waals surface area (Å²) in [6.45, 7) is 4.51. The molecule has 1 saturated carbocycles. The molecule has 208 valence electrons. The molecule has 1 aliphatic carbocycles. The number of benzene rings is 2. The highest BCUT2D eigenvalue weighted by Gasteiger charge is 2.28. The molecule has 2 aromatic carbocycles. The van der Waals surface area contributed by atoms with E-state index in [0.717, 1.165) is 57.6 Å². The van der Waals surface area contributed by atoms with Crippen molar-refractivity contribution in [1.29, 1.82) is 0 Å². The summed E-state index contributed by atoms with van der Waals surface area (Å²) in [5.74, 6) is 1.86. The van der Waals surface area contributed by atoms with Crippen LogP contribution in [0.3, 0.4) is 0 Å². The minimum Gasteiger partial charge on any atom is -0.481 e. The molecule has 0 radical (unpaired) electrons. The number of hydrogen-bond donors (Lipinski definition) is 3. The number of nitrogens with one attached hydrogen (secondary N) is 2. The minimum absolute atomic E-state index is 0.118. The summed E-state index contributed by atoms with van der Waals surface area (Å²) in [6.07, 6.45) is 3.27. The lowest BCUT2D eigenvalue weighted by Crippen LogP contribution is -2.47. The molecule has 0 aliphatic heterocycles. The first-order chi connectivity index (χ1) is 19.9. The van der Waals surface area contributed by atoms with Crippen molar-refractivity contribution in [3.63, 3.8) is 0 Å². The average molecular weight is 567 g/mol. The molecule has 3 aromatic heterocycles. The highest BCUT2D eigenvalue weighted by atomic mass is 35.5. The number of aliphatic hydroxyl groups is 1. The third-order valence-corrected chi connectivity index (χ3v) is 8.05. The number of aromatic nitrogens is 4. The number of aryl methyl sites for hydroxylation is 1. The predicted octanol–water partition coefficient (Wildman–Crippen LogP) is 6.39. The smallest absolute Gasteiger partial charge is 0.218 e. The van der Waals surface area contributed by atoms with Gasteiger partial charge in [-0.05, 0) is 62.1 Å². The molecule has 3 heterocycles. The largest absolute Gasteiger partial charge is 0.481 e. The molecule has 0 amide bonds. The summed E-state index contributed by atoms with van der Waals surface area (Å²) >= 11 is 7.07. The topological polar surface area (TPSA) is 105 Å². The van der Waals surface area contributed by atoms with Crippen LogP contribution in [-0.2, 0) is 6.54 Å². The van der Waals surface area contributed by atoms with E-state index < -0.39 is 0 Å². The molecule has 0 unspecified atom stereocenters. The Morgan fingerprint density at radius 2 is 1.73 bits per heavy atom. The SMILES string of the molecule is COc1nc(-c2cccc(-c3cccc(Nc4nc(C)nc5cccnc45)c3C)c2Cl)ccc1CN[C@H]1CC[C@@H]1O. The van der Waals surface area contributed by atoms with Crippen molar-refractivity contribution in [2.45, 2.75) is 45.4 Å². The van der Waals surface area contributed by atoms with E-state index in [1.54, 1.807) is 13.3 Å². The number of pyridine rings is 2. The van der Waals surface area contributed by atoms with Crippen LogP contribution in [0.5, 0.6) is 5.88 Å². The van der Waals surface area contributed by atoms with Crippen LogP contribution < -0.4 is 15.4 Å². The van der Waals surface area contributed by atoms with Gasteiger partial charge in [-0.1, -0.05) is 48.0 Å². The van der Waals surface area contributed by atoms with E-state index in [1.807, 2.05) is 61.5 Å². The molecule has 8 nitrogen and oxygen atoms in total. The molecule has 9 heteroatoms. The molecule has 6 rings (SSSR count). The minimum atomic E-state index is -0.284. The van der Waals surface area contributed by atoms with Crippen LogP contribution in [0.15, 0.2) is 66.9 Å². The summed E-state index contributed by atoms with van der Waals surface area (Å²) in [6, 6.07) is 19.9. The molecule has 0 saturated heterocycles. The number of rotatable bonds is 8. The molecular weight excluding hydrogens is 536 g/mol. The first-order valence-electron chi connectivity index (χ1n) is 13.6. The van der Waals surface area contributed by atoms with Crippen molar-refractivity contribution >= 4 is 34.1 Å². The standard InChI is InChI=1S/C32H31ClN6O2/c1-18-21(7-5-10-24(18)38-31-30-27(11-6-16-34-30)36-19(2)37-31)22-8-4-9-23(29(22)33)25-13-12-20(32(39-25)41-3)17-35-26-14-15-28(26)40/h4-13,16,26,28,35,40H,14-15,17H2,1-3H3,(H,36,37,38)/t26-,28-/m0/s1. The molecular formula is C32H31ClN6O2. The normalized spacial score (nSPS) is 16.4. The fourth-order valence-electron chi connectivity index (χ4n) is 5.19. The molecule has 0 spiro atoms. The van der Waals surface area contributed by atoms with Gasteiger partial charge in [0.1, 0.15) is 11.3 Å². The van der Waals surface area contributed by atoms with Gasteiger partial charge in [0.2, 0.25) is 5.88 Å². The van der Waals surface area contributed by atoms with Crippen LogP contribution in [-0.4, -0.2) is 44.3 Å². The van der Waals surface area contributed by atoms with Crippen LogP contribution in [0.4, 0.5) is 11.5 Å². The number of fused-ring (bicyclic) bond motifs is 1. The summed E-state index contributed by atoms with van der Waals surface area (Å²) in [5.41, 5.74) is 7.80. The molecule has 5 aromatic rings. The zero-order valence-corrected chi connectivity index (χ0v) is 23.9. The number of anilines is 2. The Kier molecular flexibility index (Phi) is 7.53. The highest BCUT2D eigenvalue weighted by molar-refractivity contribution is 6.36. The number of nitrogens with zero attached hydrogens (tertiary/aromatic N) is 4. The molecule has 3 N–H and O–H groups in total. The van der Waals surface area contributed by atoms with Crippen molar-refractivity contribution in [2.24, 2.45) is 0 Å². The summed E-state index contributed by atoms with van der Waals surface area (Å²) in [5, 5.41) is 17.4. The average Bonchev–Trinajstić information content (AvgIpc) is 2.98. The van der Waals surface area contributed by atoms with E-state index in [4.69, 9.17) is 21.3 Å². The van der Waals surface area contributed by atoms with Gasteiger partial charge in [0, 0.05) is 41.2 Å². The summed E-state index contributed by atoms with van der Waals surface area (Å²) in [7, 11) is 1.62. The fourth-order valence-corrected chi connectivity index (χ4v) is 5.52. The molecule has 0 bridgehead atoms. The number of halogens is 1. The number of hydrogen-bond acceptors (Lipinski definition) is 8. The lowest BCUT2D eigenvalue weighted by atomic mass is 9.89. The Balaban J connectivity index is 1.32. The highest BCUT2D eigenvalue weighted by Crippen LogP contribution is 2.40. The van der Waals surface area contributed by atoms with Gasteiger partial charge in [-0.15, -0.1) is 0 Å². The number of aliphatic hydroxyl groups excluding tert-OH is 1. The van der Waals surface area contributed by atoms with Crippen molar-refractivity contribution < 1.29 is 9.84 Å². The first-order valence-corrected chi connectivity index (χ1v) is 14.0. The Morgan fingerprint density at radius 3 is 2.51 bits per heavy atom. The van der Waals surface area contributed by atoms with Gasteiger partial charge < -0.3 is 20.5 Å². The van der Waals surface area contributed by atoms with E-state index in [-0.39, 0.29) is 12.1 Å². The maximum absolute atomic E-state index is 9.88. The van der Waals surface area contributed by atoms with Gasteiger partial charge in [0.05, 0.1) is 29.4 Å². The quantitative estimate of drug-likeness (QED) is 0.198. The van der Waals surface area contributed by atoms with Gasteiger partial charge in [0.15, 0.2) is 5.82 Å². The van der Waals surface area contributed by atoms with Crippen molar-refractivity contribution in [2.75, 3.05) is 12.4 Å². The van der Waals surface area contributed by atoms with Gasteiger partial charge in [0.25, 0.3) is 0 Å². The molecule has 41 heavy (non-hydrogen) atoms. The molecule has 1 aliphatic rings. The van der Waals surface area contributed by atoms with Crippen molar-refractivity contribution in [1.82, 2.24) is 25.3 Å². The van der Waals surface area contributed by atoms with Crippen LogP contribution in [0.1, 0.15) is 29.8 Å². The first kappa shape index (κ1) is 27.1. The van der Waals surface area contributed by atoms with Crippen molar-refractivity contribution in [3.05, 3.63) is 88.8 Å². The van der Waals surface area contributed by atoms with Gasteiger partial charge in [-0.2, -0.15) is 0 Å². The third-order valence-electron chi connectivity index (χ3n) is 7.64. The number of ether oxygens (including phenoxy) is 1. The van der Waals surface area contributed by atoms with Crippen LogP contribution in [0.25, 0.3) is 33.4 Å². The third kappa shape index (κ3) is 5.34. The Morgan fingerprint density at radius 1 is 0.927 bits per heavy atom. The lowest BCUT2D eigenvalue weighted by Gasteiger charge is -2.33. The Labute approximate surface area is 243 Å². The van der Waals surface area contributed by atoms with E-state index in [9.17, 15) is 5.11 Å².